The lowest BCUT2D eigenvalue weighted by Gasteiger charge is -2.26. The van der Waals surface area contributed by atoms with E-state index in [4.69, 9.17) is 11.0 Å². The van der Waals surface area contributed by atoms with Crippen LogP contribution >= 0.6 is 0 Å². The molecule has 3 saturated carbocycles. The second-order valence-corrected chi connectivity index (χ2v) is 34.9. The Kier molecular flexibility index (Phi) is 17.5. The van der Waals surface area contributed by atoms with Crippen molar-refractivity contribution in [3.63, 3.8) is 0 Å². The lowest BCUT2D eigenvalue weighted by Crippen LogP contribution is -2.34. The van der Waals surface area contributed by atoms with Crippen LogP contribution in [0.4, 0.5) is 0 Å². The second kappa shape index (κ2) is 29.2. The van der Waals surface area contributed by atoms with E-state index in [1.54, 1.807) is 35.4 Å². The molecule has 7 aliphatic rings. The van der Waals surface area contributed by atoms with Crippen LogP contribution in [0, 0.1) is 79.4 Å². The molecular weight excluding hydrogens is 1270 g/mol. The molecule has 546 valence electrons. The van der Waals surface area contributed by atoms with Gasteiger partial charge in [-0.15, -0.1) is 0 Å². The number of fused-ring (bicyclic) bond motifs is 16. The molecule has 5 heterocycles. The maximum Gasteiger partial charge on any atom is 0.216 e. The normalized spacial score (nSPS) is 24.6. The lowest BCUT2D eigenvalue weighted by atomic mass is 9.79. The average molecular weight is 1410 g/mol. The number of hydrogen-bond donors (Lipinski definition) is 0. The summed E-state index contributed by atoms with van der Waals surface area (Å²) >= 11 is 0. The SMILES string of the molecule is Cc1cc(C(C(C)C)C(C)C)ccc1-c1cccc[n+]1C.Cc1ccc(-c2c3c(cc[n+]2C)C(C)(C)CC3(C)C)c(C)c1.Cc1ccc(-c2c3c(cc[n+]2C)C2CCC3C2)c(C)c1.[2H]C([2H])([2H])c1ccc(-c2c3c(cc[n+]2C)C2([2H])CCC3([2H])C2(C)C)c(C)c1.[2H]C([2H])([2H])c1ccc(-c2c3c(cc[n+]2C)C2([2H])CCC3([2H])C2)c(C)c1. The van der Waals surface area contributed by atoms with E-state index in [-0.39, 0.29) is 10.8 Å². The van der Waals surface area contributed by atoms with Crippen molar-refractivity contribution in [1.82, 2.24) is 0 Å². The largest absolute Gasteiger partial charge is 0.216 e. The fourth-order valence-electron chi connectivity index (χ4n) is 20.7. The number of pyridine rings is 5. The Bertz CT molecular complexity index is 5460. The third-order valence-electron chi connectivity index (χ3n) is 25.2. The highest BCUT2D eigenvalue weighted by molar-refractivity contribution is 5.73. The number of aromatic nitrogens is 5. The fraction of sp³-hybridized carbons (Fsp3) is 0.450. The fourth-order valence-corrected chi connectivity index (χ4v) is 20.7. The van der Waals surface area contributed by atoms with Crippen molar-refractivity contribution in [3.8, 4) is 56.3 Å². The Balaban J connectivity index is 0.000000126. The quantitative estimate of drug-likeness (QED) is 0.135. The molecule has 10 aromatic rings. The Morgan fingerprint density at radius 3 is 1.41 bits per heavy atom. The summed E-state index contributed by atoms with van der Waals surface area (Å²) in [5.41, 5.74) is 32.9. The van der Waals surface area contributed by atoms with Gasteiger partial charge in [0.2, 0.25) is 28.5 Å². The van der Waals surface area contributed by atoms with E-state index in [1.165, 1.54) is 104 Å². The van der Waals surface area contributed by atoms with Gasteiger partial charge in [-0.05, 0) is 281 Å². The predicted octanol–water partition coefficient (Wildman–Crippen LogP) is 22.8. The van der Waals surface area contributed by atoms with Gasteiger partial charge in [0, 0.05) is 100 Å². The molecule has 5 heteroatoms. The van der Waals surface area contributed by atoms with Crippen LogP contribution in [0.1, 0.15) is 282 Å². The topological polar surface area (TPSA) is 19.4 Å². The van der Waals surface area contributed by atoms with Gasteiger partial charge in [0.15, 0.2) is 31.0 Å². The summed E-state index contributed by atoms with van der Waals surface area (Å²) in [6, 6.07) is 46.2. The summed E-state index contributed by atoms with van der Waals surface area (Å²) < 4.78 is 92.9. The van der Waals surface area contributed by atoms with Gasteiger partial charge >= 0.3 is 0 Å². The number of hydrogen-bond acceptors (Lipinski definition) is 0. The first-order chi connectivity index (χ1) is 53.6. The van der Waals surface area contributed by atoms with E-state index in [9.17, 15) is 2.74 Å². The summed E-state index contributed by atoms with van der Waals surface area (Å²) in [5, 5.41) is 0. The molecule has 5 nitrogen and oxygen atoms in total. The first-order valence-corrected chi connectivity index (χ1v) is 39.2. The van der Waals surface area contributed by atoms with Crippen LogP contribution in [0.25, 0.3) is 56.3 Å². The summed E-state index contributed by atoms with van der Waals surface area (Å²) in [6.45, 7) is 33.6. The van der Waals surface area contributed by atoms with Crippen LogP contribution in [0.3, 0.4) is 0 Å². The first kappa shape index (κ1) is 63.0. The Hall–Kier alpha value is -8.15. The van der Waals surface area contributed by atoms with E-state index >= 15 is 0 Å². The minimum atomic E-state index is -2.13. The highest BCUT2D eigenvalue weighted by atomic mass is 15.0. The van der Waals surface area contributed by atoms with E-state index in [2.05, 4.69) is 228 Å². The van der Waals surface area contributed by atoms with Crippen molar-refractivity contribution in [2.45, 2.75) is 241 Å². The van der Waals surface area contributed by atoms with Gasteiger partial charge in [-0.1, -0.05) is 152 Å². The third kappa shape index (κ3) is 14.1. The van der Waals surface area contributed by atoms with Gasteiger partial charge in [0.25, 0.3) is 0 Å². The molecule has 105 heavy (non-hydrogen) atoms. The number of nitrogens with zero attached hydrogens (tertiary/aromatic N) is 5. The average Bonchev–Trinajstić information content (AvgIpc) is 1.50. The third-order valence-corrected chi connectivity index (χ3v) is 25.2. The van der Waals surface area contributed by atoms with Crippen molar-refractivity contribution in [1.29, 1.82) is 0 Å². The van der Waals surface area contributed by atoms with Crippen molar-refractivity contribution in [3.05, 3.63) is 265 Å². The number of rotatable bonds is 8. The van der Waals surface area contributed by atoms with Gasteiger partial charge in [-0.25, -0.2) is 22.8 Å². The minimum Gasteiger partial charge on any atom is -0.201 e. The molecule has 6 bridgehead atoms. The molecule has 7 aliphatic carbocycles. The molecule has 6 unspecified atom stereocenters. The van der Waals surface area contributed by atoms with Crippen LogP contribution in [-0.4, -0.2) is 0 Å². The molecule has 0 aliphatic heterocycles. The van der Waals surface area contributed by atoms with Gasteiger partial charge in [-0.3, -0.25) is 0 Å². The molecule has 0 saturated heterocycles. The number of benzene rings is 5. The van der Waals surface area contributed by atoms with Crippen LogP contribution in [0.5, 0.6) is 0 Å². The summed E-state index contributed by atoms with van der Waals surface area (Å²) in [4.78, 5) is 0. The standard InChI is InChI=1S/C21H26N.C21H28N.C20H28N.2C19H22N/c1-13-6-7-15(14(2)12-13)20-19-16(10-11-22(20)5)17-8-9-18(19)21(17,3)4;1-14-8-9-16(15(2)12-14)19-18-17(10-11-22(19)7)20(3,4)13-21(18,5)6;1-14(2)20(15(3)4)17-10-11-18(16(5)13-17)19-9-7-8-12-21(19)6;2*1-12-4-7-16(13(2)10-12)19-18-15-6-5-14(11-15)17(18)8-9-20(19)3/h6-7,10-12,17-18H,8-9H2,1-5H3;8-12H,13H2,1-7H3;7-15,20H,1-6H3;2*4,7-10,14-15H,5-6,11H2,1-3H3/q5*+1/i1D3,17D,18D;;;1D3,14D,15D;. The predicted molar refractivity (Wildman–Crippen MR) is 438 cm³/mol. The van der Waals surface area contributed by atoms with E-state index < -0.39 is 42.7 Å². The van der Waals surface area contributed by atoms with Crippen molar-refractivity contribution >= 4 is 0 Å². The molecule has 0 N–H and O–H groups in total. The van der Waals surface area contributed by atoms with Crippen LogP contribution in [0.15, 0.2) is 164 Å². The maximum absolute atomic E-state index is 9.36. The zero-order chi connectivity index (χ0) is 83.9. The zero-order valence-electron chi connectivity index (χ0n) is 77.6. The Morgan fingerprint density at radius 2 is 0.857 bits per heavy atom. The molecule has 3 fully saturated rings. The summed E-state index contributed by atoms with van der Waals surface area (Å²) in [6.07, 6.45) is 19.3. The highest BCUT2D eigenvalue weighted by Gasteiger charge is 2.55. The molecule has 5 aromatic heterocycles. The molecular formula is C100H126N5+5. The van der Waals surface area contributed by atoms with Crippen molar-refractivity contribution < 1.29 is 36.5 Å². The van der Waals surface area contributed by atoms with E-state index in [1.807, 2.05) is 87.6 Å². The molecule has 0 spiro atoms. The van der Waals surface area contributed by atoms with E-state index in [0.717, 1.165) is 74.2 Å². The smallest absolute Gasteiger partial charge is 0.201 e. The van der Waals surface area contributed by atoms with Crippen LogP contribution in [-0.2, 0) is 46.1 Å². The monoisotopic (exact) mass is 1410 g/mol. The molecule has 5 aromatic carbocycles. The second-order valence-electron chi connectivity index (χ2n) is 34.9. The van der Waals surface area contributed by atoms with E-state index in [0.29, 0.717) is 54.6 Å². The first-order valence-electron chi connectivity index (χ1n) is 44.2. The lowest BCUT2D eigenvalue weighted by molar-refractivity contribution is -0.661. The van der Waals surface area contributed by atoms with Crippen molar-refractivity contribution in [2.75, 3.05) is 0 Å². The number of aryl methyl sites for hydroxylation is 14. The minimum absolute atomic E-state index is 0.213. The van der Waals surface area contributed by atoms with Crippen LogP contribution in [0.2, 0.25) is 0 Å². The van der Waals surface area contributed by atoms with Crippen LogP contribution < -0.4 is 22.8 Å². The Labute approximate surface area is 648 Å². The zero-order valence-corrected chi connectivity index (χ0v) is 67.6. The van der Waals surface area contributed by atoms with Gasteiger partial charge < -0.3 is 0 Å². The summed E-state index contributed by atoms with van der Waals surface area (Å²) in [5.74, 6) is 0.688. The molecule has 0 amide bonds. The Morgan fingerprint density at radius 1 is 0.390 bits per heavy atom. The van der Waals surface area contributed by atoms with Gasteiger partial charge in [-0.2, -0.15) is 0 Å². The summed E-state index contributed by atoms with van der Waals surface area (Å²) in [7, 11) is 10.4. The molecule has 0 radical (unpaired) electrons. The van der Waals surface area contributed by atoms with Gasteiger partial charge in [0.1, 0.15) is 35.2 Å². The van der Waals surface area contributed by atoms with Crippen molar-refractivity contribution in [2.24, 2.45) is 52.5 Å². The van der Waals surface area contributed by atoms with Gasteiger partial charge in [0.05, 0.1) is 0 Å². The maximum atomic E-state index is 9.36. The highest BCUT2D eigenvalue weighted by Crippen LogP contribution is 2.66. The molecule has 6 atom stereocenters. The molecule has 17 rings (SSSR count).